The molecule has 0 spiro atoms. The second kappa shape index (κ2) is 5.46. The minimum Gasteiger partial charge on any atom is -0.493 e. The number of rotatable bonds is 5. The van der Waals surface area contributed by atoms with Gasteiger partial charge >= 0.3 is 0 Å². The Morgan fingerprint density at radius 2 is 2.25 bits per heavy atom. The topological polar surface area (TPSA) is 78.3 Å². The highest BCUT2D eigenvalue weighted by molar-refractivity contribution is 5.73. The SMILES string of the molecule is CC(N)c1cc(F)ccc1OCCC(N)=O. The van der Waals surface area contributed by atoms with Gasteiger partial charge < -0.3 is 16.2 Å². The number of hydrogen-bond acceptors (Lipinski definition) is 3. The molecular weight excluding hydrogens is 211 g/mol. The van der Waals surface area contributed by atoms with E-state index < -0.39 is 5.91 Å². The van der Waals surface area contributed by atoms with E-state index in [1.54, 1.807) is 6.92 Å². The van der Waals surface area contributed by atoms with Crippen molar-refractivity contribution in [2.45, 2.75) is 19.4 Å². The van der Waals surface area contributed by atoms with E-state index in [9.17, 15) is 9.18 Å². The first-order valence-corrected chi connectivity index (χ1v) is 4.97. The van der Waals surface area contributed by atoms with Gasteiger partial charge in [-0.2, -0.15) is 0 Å². The number of ether oxygens (including phenoxy) is 1. The zero-order valence-electron chi connectivity index (χ0n) is 9.07. The predicted octanol–water partition coefficient (Wildman–Crippen LogP) is 1.10. The molecule has 0 heterocycles. The van der Waals surface area contributed by atoms with E-state index in [1.807, 2.05) is 0 Å². The molecule has 1 aromatic carbocycles. The van der Waals surface area contributed by atoms with Crippen molar-refractivity contribution in [1.29, 1.82) is 0 Å². The molecule has 4 N–H and O–H groups in total. The van der Waals surface area contributed by atoms with Crippen LogP contribution in [-0.4, -0.2) is 12.5 Å². The number of amides is 1. The Kier molecular flexibility index (Phi) is 4.25. The Balaban J connectivity index is 2.74. The highest BCUT2D eigenvalue weighted by atomic mass is 19.1. The van der Waals surface area contributed by atoms with Crippen LogP contribution >= 0.6 is 0 Å². The van der Waals surface area contributed by atoms with Gasteiger partial charge in [0, 0.05) is 11.6 Å². The van der Waals surface area contributed by atoms with Gasteiger partial charge in [-0.05, 0) is 25.1 Å². The van der Waals surface area contributed by atoms with Crippen LogP contribution in [0.25, 0.3) is 0 Å². The van der Waals surface area contributed by atoms with Crippen LogP contribution in [0.15, 0.2) is 18.2 Å². The van der Waals surface area contributed by atoms with Gasteiger partial charge in [0.1, 0.15) is 11.6 Å². The number of carbonyl (C=O) groups is 1. The Bertz CT molecular complexity index is 380. The van der Waals surface area contributed by atoms with E-state index in [1.165, 1.54) is 18.2 Å². The summed E-state index contributed by atoms with van der Waals surface area (Å²) in [4.78, 5) is 10.5. The minimum absolute atomic E-state index is 0.121. The van der Waals surface area contributed by atoms with Crippen molar-refractivity contribution in [3.63, 3.8) is 0 Å². The van der Waals surface area contributed by atoms with Crippen LogP contribution in [0, 0.1) is 5.82 Å². The lowest BCUT2D eigenvalue weighted by Crippen LogP contribution is -2.15. The van der Waals surface area contributed by atoms with Crippen molar-refractivity contribution in [2.24, 2.45) is 11.5 Å². The maximum absolute atomic E-state index is 13.0. The van der Waals surface area contributed by atoms with Crippen molar-refractivity contribution in [3.05, 3.63) is 29.6 Å². The second-order valence-electron chi connectivity index (χ2n) is 3.54. The molecule has 1 aromatic rings. The first-order valence-electron chi connectivity index (χ1n) is 4.97. The number of benzene rings is 1. The van der Waals surface area contributed by atoms with Crippen molar-refractivity contribution in [1.82, 2.24) is 0 Å². The van der Waals surface area contributed by atoms with Gasteiger partial charge in [-0.25, -0.2) is 4.39 Å². The summed E-state index contributed by atoms with van der Waals surface area (Å²) in [5, 5.41) is 0. The van der Waals surface area contributed by atoms with Crippen molar-refractivity contribution in [2.75, 3.05) is 6.61 Å². The largest absolute Gasteiger partial charge is 0.493 e. The van der Waals surface area contributed by atoms with Gasteiger partial charge in [0.2, 0.25) is 5.91 Å². The molecule has 0 aromatic heterocycles. The average molecular weight is 226 g/mol. The molecule has 1 unspecified atom stereocenters. The highest BCUT2D eigenvalue weighted by Crippen LogP contribution is 2.24. The Morgan fingerprint density at radius 3 is 2.81 bits per heavy atom. The zero-order chi connectivity index (χ0) is 12.1. The van der Waals surface area contributed by atoms with Gasteiger partial charge in [0.05, 0.1) is 13.0 Å². The van der Waals surface area contributed by atoms with Gasteiger partial charge in [-0.3, -0.25) is 4.79 Å². The van der Waals surface area contributed by atoms with Crippen LogP contribution in [0.3, 0.4) is 0 Å². The molecule has 88 valence electrons. The van der Waals surface area contributed by atoms with Crippen LogP contribution in [0.5, 0.6) is 5.75 Å². The maximum Gasteiger partial charge on any atom is 0.220 e. The molecule has 0 saturated heterocycles. The molecule has 4 nitrogen and oxygen atoms in total. The molecule has 1 atom stereocenters. The summed E-state index contributed by atoms with van der Waals surface area (Å²) in [5.74, 6) is -0.323. The Morgan fingerprint density at radius 1 is 1.56 bits per heavy atom. The Labute approximate surface area is 93.4 Å². The van der Waals surface area contributed by atoms with Crippen molar-refractivity contribution < 1.29 is 13.9 Å². The van der Waals surface area contributed by atoms with Crippen molar-refractivity contribution >= 4 is 5.91 Å². The lowest BCUT2D eigenvalue weighted by atomic mass is 10.1. The molecule has 0 saturated carbocycles. The fourth-order valence-electron chi connectivity index (χ4n) is 1.27. The molecule has 0 aliphatic rings. The smallest absolute Gasteiger partial charge is 0.220 e. The standard InChI is InChI=1S/C11H15FN2O2/c1-7(13)9-6-8(12)2-3-10(9)16-5-4-11(14)15/h2-3,6-7H,4-5,13H2,1H3,(H2,14,15). The van der Waals surface area contributed by atoms with E-state index in [0.717, 1.165) is 0 Å². The summed E-state index contributed by atoms with van der Waals surface area (Å²) in [7, 11) is 0. The summed E-state index contributed by atoms with van der Waals surface area (Å²) in [6.45, 7) is 1.90. The maximum atomic E-state index is 13.0. The minimum atomic E-state index is -0.440. The van der Waals surface area contributed by atoms with E-state index in [2.05, 4.69) is 0 Å². The third kappa shape index (κ3) is 3.51. The number of primary amides is 1. The van der Waals surface area contributed by atoms with E-state index >= 15 is 0 Å². The van der Waals surface area contributed by atoms with E-state index in [-0.39, 0.29) is 24.9 Å². The first kappa shape index (κ1) is 12.4. The number of carbonyl (C=O) groups excluding carboxylic acids is 1. The monoisotopic (exact) mass is 226 g/mol. The average Bonchev–Trinajstić information content (AvgIpc) is 2.19. The molecule has 1 rings (SSSR count). The van der Waals surface area contributed by atoms with Gasteiger partial charge in [0.15, 0.2) is 0 Å². The Hall–Kier alpha value is -1.62. The van der Waals surface area contributed by atoms with Crippen LogP contribution in [0.1, 0.15) is 24.9 Å². The lowest BCUT2D eigenvalue weighted by Gasteiger charge is -2.13. The second-order valence-corrected chi connectivity index (χ2v) is 3.54. The summed E-state index contributed by atoms with van der Waals surface area (Å²) in [6, 6.07) is 3.77. The van der Waals surface area contributed by atoms with E-state index in [0.29, 0.717) is 11.3 Å². The number of halogens is 1. The number of hydrogen-bond donors (Lipinski definition) is 2. The molecule has 16 heavy (non-hydrogen) atoms. The first-order chi connectivity index (χ1) is 7.50. The van der Waals surface area contributed by atoms with Crippen LogP contribution in [0.2, 0.25) is 0 Å². The fraction of sp³-hybridized carbons (Fsp3) is 0.364. The summed E-state index contributed by atoms with van der Waals surface area (Å²) in [6.07, 6.45) is 0.121. The van der Waals surface area contributed by atoms with Crippen molar-refractivity contribution in [3.8, 4) is 5.75 Å². The third-order valence-corrected chi connectivity index (χ3v) is 2.07. The molecule has 0 aliphatic heterocycles. The molecule has 0 fully saturated rings. The van der Waals surface area contributed by atoms with E-state index in [4.69, 9.17) is 16.2 Å². The van der Waals surface area contributed by atoms with Gasteiger partial charge in [0.25, 0.3) is 0 Å². The predicted molar refractivity (Wildman–Crippen MR) is 58.3 cm³/mol. The van der Waals surface area contributed by atoms with Crippen LogP contribution in [0.4, 0.5) is 4.39 Å². The lowest BCUT2D eigenvalue weighted by molar-refractivity contribution is -0.118. The van der Waals surface area contributed by atoms with Gasteiger partial charge in [-0.15, -0.1) is 0 Å². The molecule has 0 aliphatic carbocycles. The zero-order valence-corrected chi connectivity index (χ0v) is 9.07. The highest BCUT2D eigenvalue weighted by Gasteiger charge is 2.09. The molecular formula is C11H15FN2O2. The molecule has 0 radical (unpaired) electrons. The fourth-order valence-corrected chi connectivity index (χ4v) is 1.27. The molecule has 1 amide bonds. The van der Waals surface area contributed by atoms with Crippen LogP contribution < -0.4 is 16.2 Å². The summed E-state index contributed by atoms with van der Waals surface area (Å²) >= 11 is 0. The number of nitrogens with two attached hydrogens (primary N) is 2. The van der Waals surface area contributed by atoms with Gasteiger partial charge in [-0.1, -0.05) is 0 Å². The molecule has 0 bridgehead atoms. The normalized spacial score (nSPS) is 12.2. The quantitative estimate of drug-likeness (QED) is 0.789. The summed E-state index contributed by atoms with van der Waals surface area (Å²) in [5.41, 5.74) is 11.2. The molecule has 5 heteroatoms. The van der Waals surface area contributed by atoms with Crippen LogP contribution in [-0.2, 0) is 4.79 Å². The summed E-state index contributed by atoms with van der Waals surface area (Å²) < 4.78 is 18.3. The third-order valence-electron chi connectivity index (χ3n) is 2.07.